The van der Waals surface area contributed by atoms with Crippen molar-refractivity contribution in [2.45, 2.75) is 38.1 Å². The van der Waals surface area contributed by atoms with Crippen molar-refractivity contribution in [3.8, 4) is 6.07 Å². The van der Waals surface area contributed by atoms with E-state index < -0.39 is 0 Å². The Bertz CT molecular complexity index is 366. The van der Waals surface area contributed by atoms with Crippen LogP contribution in [0.5, 0.6) is 0 Å². The Labute approximate surface area is 98.2 Å². The van der Waals surface area contributed by atoms with Gasteiger partial charge < -0.3 is 0 Å². The van der Waals surface area contributed by atoms with E-state index >= 15 is 0 Å². The quantitative estimate of drug-likeness (QED) is 0.733. The van der Waals surface area contributed by atoms with Gasteiger partial charge >= 0.3 is 0 Å². The predicted octanol–water partition coefficient (Wildman–Crippen LogP) is 3.29. The van der Waals surface area contributed by atoms with Gasteiger partial charge in [-0.2, -0.15) is 10.4 Å². The summed E-state index contributed by atoms with van der Waals surface area (Å²) in [6, 6.07) is 2.69. The van der Waals surface area contributed by atoms with Gasteiger partial charge in [-0.05, 0) is 28.8 Å². The Balaban J connectivity index is 2.20. The molecular formula is C11H14BrN3. The second-order valence-electron chi connectivity index (χ2n) is 4.08. The minimum absolute atomic E-state index is 0.124. The lowest BCUT2D eigenvalue weighted by Crippen LogP contribution is -2.17. The molecule has 1 aliphatic carbocycles. The molecule has 0 N–H and O–H groups in total. The number of nitriles is 1. The molecule has 1 aromatic rings. The van der Waals surface area contributed by atoms with Crippen LogP contribution in [0.3, 0.4) is 0 Å². The average Bonchev–Trinajstić information content (AvgIpc) is 2.54. The molecule has 2 atom stereocenters. The number of hydrogen-bond donors (Lipinski definition) is 0. The van der Waals surface area contributed by atoms with Gasteiger partial charge in [0.25, 0.3) is 0 Å². The highest BCUT2D eigenvalue weighted by molar-refractivity contribution is 9.10. The fourth-order valence-electron chi connectivity index (χ4n) is 2.25. The van der Waals surface area contributed by atoms with Crippen molar-refractivity contribution in [2.24, 2.45) is 5.92 Å². The van der Waals surface area contributed by atoms with Gasteiger partial charge in [0.05, 0.1) is 28.7 Å². The molecule has 80 valence electrons. The first-order valence-corrected chi connectivity index (χ1v) is 6.20. The van der Waals surface area contributed by atoms with Crippen LogP contribution in [-0.2, 0) is 0 Å². The first-order chi connectivity index (χ1) is 7.31. The van der Waals surface area contributed by atoms with E-state index in [2.05, 4.69) is 27.1 Å². The van der Waals surface area contributed by atoms with Gasteiger partial charge in [-0.25, -0.2) is 0 Å². The monoisotopic (exact) mass is 267 g/mol. The summed E-state index contributed by atoms with van der Waals surface area (Å²) < 4.78 is 2.94. The van der Waals surface area contributed by atoms with Crippen molar-refractivity contribution < 1.29 is 0 Å². The summed E-state index contributed by atoms with van der Waals surface area (Å²) in [6.45, 7) is 0. The third-order valence-corrected chi connectivity index (χ3v) is 3.46. The molecule has 0 amide bonds. The fraction of sp³-hybridized carbons (Fsp3) is 0.636. The van der Waals surface area contributed by atoms with Crippen molar-refractivity contribution in [2.75, 3.05) is 0 Å². The van der Waals surface area contributed by atoms with Crippen LogP contribution in [0.4, 0.5) is 0 Å². The van der Waals surface area contributed by atoms with E-state index in [0.717, 1.165) is 17.3 Å². The summed E-state index contributed by atoms with van der Waals surface area (Å²) in [5, 5.41) is 13.4. The molecule has 2 rings (SSSR count). The predicted molar refractivity (Wildman–Crippen MR) is 61.2 cm³/mol. The first-order valence-electron chi connectivity index (χ1n) is 5.40. The summed E-state index contributed by atoms with van der Waals surface area (Å²) >= 11 is 3.39. The van der Waals surface area contributed by atoms with Crippen LogP contribution < -0.4 is 0 Å². The van der Waals surface area contributed by atoms with Crippen molar-refractivity contribution in [3.63, 3.8) is 0 Å². The maximum atomic E-state index is 9.15. The number of rotatable bonds is 1. The Kier molecular flexibility index (Phi) is 3.42. The lowest BCUT2D eigenvalue weighted by atomic mass is 9.97. The van der Waals surface area contributed by atoms with Gasteiger partial charge in [-0.1, -0.05) is 19.3 Å². The zero-order valence-corrected chi connectivity index (χ0v) is 10.2. The number of nitrogens with zero attached hydrogens (tertiary/aromatic N) is 3. The topological polar surface area (TPSA) is 41.6 Å². The molecule has 2 unspecified atom stereocenters. The van der Waals surface area contributed by atoms with E-state index in [1.54, 1.807) is 6.20 Å². The second kappa shape index (κ2) is 4.80. The number of hydrogen-bond acceptors (Lipinski definition) is 2. The lowest BCUT2D eigenvalue weighted by molar-refractivity contribution is 0.343. The largest absolute Gasteiger partial charge is 0.267 e. The molecule has 1 heterocycles. The Hall–Kier alpha value is -0.820. The van der Waals surface area contributed by atoms with Crippen LogP contribution in [0.1, 0.15) is 38.1 Å². The minimum Gasteiger partial charge on any atom is -0.267 e. The lowest BCUT2D eigenvalue weighted by Gasteiger charge is -2.19. The van der Waals surface area contributed by atoms with Crippen LogP contribution in [0.2, 0.25) is 0 Å². The van der Waals surface area contributed by atoms with Gasteiger partial charge in [-0.15, -0.1) is 0 Å². The van der Waals surface area contributed by atoms with Gasteiger partial charge in [0.2, 0.25) is 0 Å². The standard InChI is InChI=1S/C11H14BrN3/c12-10-7-14-15(8-10)11-5-3-1-2-4-9(11)6-13/h7-9,11H,1-5H2. The molecule has 1 aliphatic rings. The summed E-state index contributed by atoms with van der Waals surface area (Å²) in [5.74, 6) is 0.124. The molecule has 4 heteroatoms. The zero-order chi connectivity index (χ0) is 10.7. The van der Waals surface area contributed by atoms with Crippen LogP contribution in [0, 0.1) is 17.2 Å². The maximum absolute atomic E-state index is 9.15. The van der Waals surface area contributed by atoms with Gasteiger partial charge in [0.15, 0.2) is 0 Å². The van der Waals surface area contributed by atoms with Gasteiger partial charge in [0.1, 0.15) is 0 Å². The van der Waals surface area contributed by atoms with Crippen molar-refractivity contribution in [3.05, 3.63) is 16.9 Å². The molecule has 0 saturated heterocycles. The molecule has 1 saturated carbocycles. The highest BCUT2D eigenvalue weighted by Crippen LogP contribution is 2.32. The molecule has 3 nitrogen and oxygen atoms in total. The average molecular weight is 268 g/mol. The van der Waals surface area contributed by atoms with E-state index in [-0.39, 0.29) is 12.0 Å². The Morgan fingerprint density at radius 3 is 2.87 bits per heavy atom. The molecule has 0 radical (unpaired) electrons. The van der Waals surface area contributed by atoms with E-state index in [1.165, 1.54) is 19.3 Å². The van der Waals surface area contributed by atoms with E-state index in [0.29, 0.717) is 0 Å². The molecule has 1 fully saturated rings. The third kappa shape index (κ3) is 2.40. The van der Waals surface area contributed by atoms with Crippen molar-refractivity contribution in [1.29, 1.82) is 5.26 Å². The van der Waals surface area contributed by atoms with Crippen LogP contribution >= 0.6 is 15.9 Å². The summed E-state index contributed by atoms with van der Waals surface area (Å²) in [5.41, 5.74) is 0. The molecule has 0 spiro atoms. The summed E-state index contributed by atoms with van der Waals surface area (Å²) in [4.78, 5) is 0. The molecule has 1 aromatic heterocycles. The normalized spacial score (nSPS) is 26.9. The second-order valence-corrected chi connectivity index (χ2v) is 5.00. The third-order valence-electron chi connectivity index (χ3n) is 3.06. The van der Waals surface area contributed by atoms with E-state index in [4.69, 9.17) is 5.26 Å². The zero-order valence-electron chi connectivity index (χ0n) is 8.56. The molecular weight excluding hydrogens is 254 g/mol. The van der Waals surface area contributed by atoms with E-state index in [1.807, 2.05) is 10.9 Å². The fourth-order valence-corrected chi connectivity index (χ4v) is 2.55. The van der Waals surface area contributed by atoms with E-state index in [9.17, 15) is 0 Å². The highest BCUT2D eigenvalue weighted by atomic mass is 79.9. The van der Waals surface area contributed by atoms with Crippen LogP contribution in [-0.4, -0.2) is 9.78 Å². The summed E-state index contributed by atoms with van der Waals surface area (Å²) in [7, 11) is 0. The molecule has 0 aromatic carbocycles. The maximum Gasteiger partial charge on any atom is 0.0687 e. The van der Waals surface area contributed by atoms with Crippen molar-refractivity contribution >= 4 is 15.9 Å². The minimum atomic E-state index is 0.124. The van der Waals surface area contributed by atoms with Gasteiger partial charge in [-0.3, -0.25) is 4.68 Å². The first kappa shape index (κ1) is 10.7. The Morgan fingerprint density at radius 1 is 1.40 bits per heavy atom. The summed E-state index contributed by atoms with van der Waals surface area (Å²) in [6.07, 6.45) is 9.49. The SMILES string of the molecule is N#CC1CCCCCC1n1cc(Br)cn1. The molecule has 0 bridgehead atoms. The van der Waals surface area contributed by atoms with Crippen LogP contribution in [0.15, 0.2) is 16.9 Å². The van der Waals surface area contributed by atoms with Crippen molar-refractivity contribution in [1.82, 2.24) is 9.78 Å². The van der Waals surface area contributed by atoms with Gasteiger partial charge in [0, 0.05) is 6.20 Å². The Morgan fingerprint density at radius 2 is 2.20 bits per heavy atom. The molecule has 0 aliphatic heterocycles. The number of halogens is 1. The highest BCUT2D eigenvalue weighted by Gasteiger charge is 2.25. The smallest absolute Gasteiger partial charge is 0.0687 e. The molecule has 15 heavy (non-hydrogen) atoms. The van der Waals surface area contributed by atoms with Crippen LogP contribution in [0.25, 0.3) is 0 Å². The number of aromatic nitrogens is 2.